The zero-order chi connectivity index (χ0) is 15.9. The first-order valence-corrected chi connectivity index (χ1v) is 7.53. The van der Waals surface area contributed by atoms with Gasteiger partial charge in [-0.25, -0.2) is 0 Å². The average Bonchev–Trinajstić information content (AvgIpc) is 2.90. The predicted molar refractivity (Wildman–Crippen MR) is 80.3 cm³/mol. The Hall–Kier alpha value is -2.06. The molecule has 0 spiro atoms. The van der Waals surface area contributed by atoms with Crippen molar-refractivity contribution in [1.29, 1.82) is 5.26 Å². The SMILES string of the molecule is COC1C(N2CCCC2=O)c2cc(C#N)ccc2OC1(C)C. The average molecular weight is 300 g/mol. The standard InChI is InChI=1S/C17H20N2O3/c1-17(2)16(21-3)15(19-8-4-5-14(19)20)12-9-11(10-18)6-7-13(12)22-17/h6-7,9,15-16H,4-5,8H2,1-3H3. The fraction of sp³-hybridized carbons (Fsp3) is 0.529. The van der Waals surface area contributed by atoms with Gasteiger partial charge in [0.15, 0.2) is 0 Å². The molecular weight excluding hydrogens is 280 g/mol. The minimum atomic E-state index is -0.552. The van der Waals surface area contributed by atoms with Gasteiger partial charge in [0.05, 0.1) is 17.7 Å². The summed E-state index contributed by atoms with van der Waals surface area (Å²) >= 11 is 0. The van der Waals surface area contributed by atoms with E-state index in [1.54, 1.807) is 13.2 Å². The molecule has 5 nitrogen and oxygen atoms in total. The number of nitriles is 1. The lowest BCUT2D eigenvalue weighted by Gasteiger charge is -2.47. The van der Waals surface area contributed by atoms with E-state index in [2.05, 4.69) is 6.07 Å². The van der Waals surface area contributed by atoms with E-state index in [1.807, 2.05) is 30.9 Å². The number of methoxy groups -OCH3 is 1. The Morgan fingerprint density at radius 2 is 2.23 bits per heavy atom. The molecular formula is C17H20N2O3. The molecule has 2 atom stereocenters. The number of amides is 1. The molecule has 0 aromatic heterocycles. The Morgan fingerprint density at radius 1 is 1.45 bits per heavy atom. The van der Waals surface area contributed by atoms with Crippen LogP contribution in [0.4, 0.5) is 0 Å². The first kappa shape index (κ1) is 14.9. The molecule has 2 unspecified atom stereocenters. The van der Waals surface area contributed by atoms with Gasteiger partial charge in [-0.2, -0.15) is 5.26 Å². The van der Waals surface area contributed by atoms with E-state index < -0.39 is 5.60 Å². The van der Waals surface area contributed by atoms with Crippen LogP contribution in [-0.4, -0.2) is 36.2 Å². The van der Waals surface area contributed by atoms with E-state index in [0.29, 0.717) is 12.0 Å². The molecule has 22 heavy (non-hydrogen) atoms. The van der Waals surface area contributed by atoms with Gasteiger partial charge in [-0.1, -0.05) is 0 Å². The molecule has 5 heteroatoms. The fourth-order valence-corrected chi connectivity index (χ4v) is 3.53. The highest BCUT2D eigenvalue weighted by atomic mass is 16.6. The maximum atomic E-state index is 12.3. The summed E-state index contributed by atoms with van der Waals surface area (Å²) in [6, 6.07) is 7.31. The molecule has 0 bridgehead atoms. The molecule has 2 heterocycles. The van der Waals surface area contributed by atoms with Gasteiger partial charge in [0.25, 0.3) is 0 Å². The van der Waals surface area contributed by atoms with Crippen molar-refractivity contribution >= 4 is 5.91 Å². The van der Waals surface area contributed by atoms with Crippen molar-refractivity contribution in [3.8, 4) is 11.8 Å². The lowest BCUT2D eigenvalue weighted by Crippen LogP contribution is -2.54. The van der Waals surface area contributed by atoms with E-state index in [0.717, 1.165) is 24.3 Å². The zero-order valence-corrected chi connectivity index (χ0v) is 13.1. The smallest absolute Gasteiger partial charge is 0.223 e. The van der Waals surface area contributed by atoms with Gasteiger partial charge < -0.3 is 14.4 Å². The summed E-state index contributed by atoms with van der Waals surface area (Å²) in [7, 11) is 1.64. The molecule has 0 aliphatic carbocycles. The molecule has 1 amide bonds. The second-order valence-corrected chi connectivity index (χ2v) is 6.36. The number of ether oxygens (including phenoxy) is 2. The van der Waals surface area contributed by atoms with Gasteiger partial charge in [0.2, 0.25) is 5.91 Å². The highest BCUT2D eigenvalue weighted by molar-refractivity contribution is 5.79. The van der Waals surface area contributed by atoms with Crippen molar-refractivity contribution in [2.45, 2.75) is 44.4 Å². The third-order valence-corrected chi connectivity index (χ3v) is 4.50. The van der Waals surface area contributed by atoms with E-state index in [1.165, 1.54) is 0 Å². The Bertz CT molecular complexity index is 648. The van der Waals surface area contributed by atoms with Crippen LogP contribution in [0.1, 0.15) is 43.9 Å². The van der Waals surface area contributed by atoms with Crippen LogP contribution < -0.4 is 4.74 Å². The van der Waals surface area contributed by atoms with Crippen molar-refractivity contribution in [3.05, 3.63) is 29.3 Å². The predicted octanol–water partition coefficient (Wildman–Crippen LogP) is 2.41. The van der Waals surface area contributed by atoms with E-state index >= 15 is 0 Å². The van der Waals surface area contributed by atoms with Crippen molar-refractivity contribution in [1.82, 2.24) is 4.90 Å². The number of carbonyl (C=O) groups is 1. The summed E-state index contributed by atoms with van der Waals surface area (Å²) < 4.78 is 11.8. The first-order chi connectivity index (χ1) is 10.5. The minimum Gasteiger partial charge on any atom is -0.485 e. The van der Waals surface area contributed by atoms with Crippen molar-refractivity contribution in [2.75, 3.05) is 13.7 Å². The Kier molecular flexibility index (Phi) is 3.57. The van der Waals surface area contributed by atoms with Crippen molar-refractivity contribution in [2.24, 2.45) is 0 Å². The number of fused-ring (bicyclic) bond motifs is 1. The molecule has 1 saturated heterocycles. The van der Waals surface area contributed by atoms with E-state index in [-0.39, 0.29) is 18.1 Å². The number of likely N-dealkylation sites (tertiary alicyclic amines) is 1. The summed E-state index contributed by atoms with van der Waals surface area (Å²) in [6.45, 7) is 4.65. The molecule has 3 rings (SSSR count). The third kappa shape index (κ3) is 2.24. The van der Waals surface area contributed by atoms with Crippen LogP contribution >= 0.6 is 0 Å². The number of hydrogen-bond donors (Lipinski definition) is 0. The molecule has 2 aliphatic heterocycles. The first-order valence-electron chi connectivity index (χ1n) is 7.53. The third-order valence-electron chi connectivity index (χ3n) is 4.50. The monoisotopic (exact) mass is 300 g/mol. The maximum absolute atomic E-state index is 12.3. The number of benzene rings is 1. The largest absolute Gasteiger partial charge is 0.485 e. The second-order valence-electron chi connectivity index (χ2n) is 6.36. The van der Waals surface area contributed by atoms with Crippen molar-refractivity contribution in [3.63, 3.8) is 0 Å². The molecule has 0 saturated carbocycles. The number of carbonyl (C=O) groups excluding carboxylic acids is 1. The van der Waals surface area contributed by atoms with E-state index in [4.69, 9.17) is 14.7 Å². The molecule has 1 fully saturated rings. The maximum Gasteiger partial charge on any atom is 0.223 e. The lowest BCUT2D eigenvalue weighted by molar-refractivity contribution is -0.143. The van der Waals surface area contributed by atoms with Gasteiger partial charge in [-0.3, -0.25) is 4.79 Å². The molecule has 1 aromatic rings. The van der Waals surface area contributed by atoms with Crippen LogP contribution in [0, 0.1) is 11.3 Å². The van der Waals surface area contributed by atoms with Crippen LogP contribution in [0.15, 0.2) is 18.2 Å². The van der Waals surface area contributed by atoms with Crippen LogP contribution in [-0.2, 0) is 9.53 Å². The lowest BCUT2D eigenvalue weighted by atomic mass is 9.85. The summed E-state index contributed by atoms with van der Waals surface area (Å²) in [4.78, 5) is 14.1. The van der Waals surface area contributed by atoms with Crippen LogP contribution in [0.25, 0.3) is 0 Å². The number of rotatable bonds is 2. The highest BCUT2D eigenvalue weighted by Crippen LogP contribution is 2.45. The van der Waals surface area contributed by atoms with Crippen LogP contribution in [0.3, 0.4) is 0 Å². The highest BCUT2D eigenvalue weighted by Gasteiger charge is 2.48. The van der Waals surface area contributed by atoms with Gasteiger partial charge in [0.1, 0.15) is 17.5 Å². The van der Waals surface area contributed by atoms with Crippen LogP contribution in [0.2, 0.25) is 0 Å². The summed E-state index contributed by atoms with van der Waals surface area (Å²) in [5, 5.41) is 9.17. The number of hydrogen-bond acceptors (Lipinski definition) is 4. The summed E-state index contributed by atoms with van der Waals surface area (Å²) in [5.41, 5.74) is 0.873. The van der Waals surface area contributed by atoms with Gasteiger partial charge >= 0.3 is 0 Å². The van der Waals surface area contributed by atoms with Crippen LogP contribution in [0.5, 0.6) is 5.75 Å². The molecule has 2 aliphatic rings. The topological polar surface area (TPSA) is 62.6 Å². The Balaban J connectivity index is 2.14. The number of nitrogens with zero attached hydrogens (tertiary/aromatic N) is 2. The summed E-state index contributed by atoms with van der Waals surface area (Å²) in [5.74, 6) is 0.861. The van der Waals surface area contributed by atoms with Gasteiger partial charge in [-0.15, -0.1) is 0 Å². The summed E-state index contributed by atoms with van der Waals surface area (Å²) in [6.07, 6.45) is 1.15. The molecule has 116 valence electrons. The van der Waals surface area contributed by atoms with Gasteiger partial charge in [0, 0.05) is 25.6 Å². The normalized spacial score (nSPS) is 26.3. The van der Waals surface area contributed by atoms with Crippen molar-refractivity contribution < 1.29 is 14.3 Å². The second kappa shape index (κ2) is 5.29. The Morgan fingerprint density at radius 3 is 2.82 bits per heavy atom. The zero-order valence-electron chi connectivity index (χ0n) is 13.1. The molecule has 0 radical (unpaired) electrons. The fourth-order valence-electron chi connectivity index (χ4n) is 3.53. The Labute approximate surface area is 130 Å². The molecule has 0 N–H and O–H groups in total. The quantitative estimate of drug-likeness (QED) is 0.841. The van der Waals surface area contributed by atoms with Gasteiger partial charge in [-0.05, 0) is 38.5 Å². The molecule has 1 aromatic carbocycles. The van der Waals surface area contributed by atoms with E-state index in [9.17, 15) is 4.79 Å². The minimum absolute atomic E-state index is 0.137.